The van der Waals surface area contributed by atoms with E-state index in [9.17, 15) is 14.4 Å². The van der Waals surface area contributed by atoms with Crippen LogP contribution in [0.15, 0.2) is 48.5 Å². The summed E-state index contributed by atoms with van der Waals surface area (Å²) >= 11 is 0. The molecule has 5 nitrogen and oxygen atoms in total. The number of rotatable bonds is 4. The molecule has 116 valence electrons. The van der Waals surface area contributed by atoms with Gasteiger partial charge in [-0.1, -0.05) is 24.3 Å². The number of benzene rings is 2. The van der Waals surface area contributed by atoms with Crippen LogP contribution in [0, 0.1) is 0 Å². The van der Waals surface area contributed by atoms with E-state index in [1.165, 1.54) is 0 Å². The van der Waals surface area contributed by atoms with E-state index < -0.39 is 17.4 Å². The van der Waals surface area contributed by atoms with E-state index in [1.807, 2.05) is 0 Å². The number of carbonyl (C=O) groups excluding carboxylic acids is 3. The second-order valence-corrected chi connectivity index (χ2v) is 5.78. The van der Waals surface area contributed by atoms with Crippen molar-refractivity contribution in [1.29, 1.82) is 0 Å². The highest BCUT2D eigenvalue weighted by Crippen LogP contribution is 2.36. The molecule has 1 aliphatic rings. The third kappa shape index (κ3) is 2.50. The molecule has 2 aromatic carbocycles. The third-order valence-electron chi connectivity index (χ3n) is 3.56. The number of hydrogen-bond acceptors (Lipinski definition) is 4. The molecule has 0 spiro atoms. The highest BCUT2D eigenvalue weighted by Gasteiger charge is 2.38. The zero-order chi connectivity index (χ0) is 16.6. The molecule has 0 atom stereocenters. The quantitative estimate of drug-likeness (QED) is 0.643. The van der Waals surface area contributed by atoms with E-state index in [1.54, 1.807) is 62.4 Å². The number of imide groups is 1. The van der Waals surface area contributed by atoms with Crippen LogP contribution in [-0.4, -0.2) is 23.7 Å². The van der Waals surface area contributed by atoms with Gasteiger partial charge in [0.05, 0.1) is 16.8 Å². The van der Waals surface area contributed by atoms with Crippen molar-refractivity contribution in [3.8, 4) is 5.75 Å². The molecule has 23 heavy (non-hydrogen) atoms. The Morgan fingerprint density at radius 2 is 1.43 bits per heavy atom. The van der Waals surface area contributed by atoms with Crippen LogP contribution in [-0.2, 0) is 4.79 Å². The Labute approximate surface area is 133 Å². The van der Waals surface area contributed by atoms with Gasteiger partial charge in [-0.05, 0) is 38.1 Å². The van der Waals surface area contributed by atoms with Gasteiger partial charge in [0.15, 0.2) is 11.9 Å². The Hall–Kier alpha value is -2.95. The van der Waals surface area contributed by atoms with Gasteiger partial charge in [-0.15, -0.1) is 0 Å². The number of ether oxygens (including phenoxy) is 1. The molecule has 0 aliphatic carbocycles. The van der Waals surface area contributed by atoms with Crippen molar-refractivity contribution in [3.05, 3.63) is 59.7 Å². The second-order valence-electron chi connectivity index (χ2n) is 5.78. The molecule has 3 rings (SSSR count). The summed E-state index contributed by atoms with van der Waals surface area (Å²) in [7, 11) is 0. The van der Waals surface area contributed by atoms with Crippen LogP contribution >= 0.6 is 0 Å². The topological polar surface area (TPSA) is 63.7 Å². The van der Waals surface area contributed by atoms with Crippen molar-refractivity contribution in [2.75, 3.05) is 4.90 Å². The smallest absolute Gasteiger partial charge is 0.266 e. The SMILES string of the molecule is CC(C)(C=O)Oc1ccccc1N1C(=O)c2ccccc2C1=O. The summed E-state index contributed by atoms with van der Waals surface area (Å²) in [6.45, 7) is 3.22. The van der Waals surface area contributed by atoms with Gasteiger partial charge in [0.1, 0.15) is 5.75 Å². The first-order valence-corrected chi connectivity index (χ1v) is 7.17. The van der Waals surface area contributed by atoms with Crippen LogP contribution in [0.5, 0.6) is 5.75 Å². The fourth-order valence-electron chi connectivity index (χ4n) is 2.44. The minimum atomic E-state index is -1.06. The molecule has 0 unspecified atom stereocenters. The van der Waals surface area contributed by atoms with E-state index >= 15 is 0 Å². The molecule has 2 aromatic rings. The van der Waals surface area contributed by atoms with Gasteiger partial charge in [-0.25, -0.2) is 4.90 Å². The van der Waals surface area contributed by atoms with Gasteiger partial charge >= 0.3 is 0 Å². The lowest BCUT2D eigenvalue weighted by Crippen LogP contribution is -2.33. The maximum absolute atomic E-state index is 12.6. The molecular formula is C18H15NO4. The van der Waals surface area contributed by atoms with Crippen LogP contribution in [0.25, 0.3) is 0 Å². The van der Waals surface area contributed by atoms with Gasteiger partial charge in [-0.3, -0.25) is 14.4 Å². The van der Waals surface area contributed by atoms with E-state index in [0.717, 1.165) is 4.90 Å². The molecule has 0 aromatic heterocycles. The lowest BCUT2D eigenvalue weighted by Gasteiger charge is -2.24. The number of anilines is 1. The van der Waals surface area contributed by atoms with E-state index in [0.29, 0.717) is 28.8 Å². The van der Waals surface area contributed by atoms with E-state index in [4.69, 9.17) is 4.74 Å². The molecule has 0 bridgehead atoms. The molecule has 0 fully saturated rings. The largest absolute Gasteiger partial charge is 0.478 e. The first kappa shape index (κ1) is 15.0. The number of para-hydroxylation sites is 2. The van der Waals surface area contributed by atoms with Crippen LogP contribution in [0.2, 0.25) is 0 Å². The van der Waals surface area contributed by atoms with E-state index in [2.05, 4.69) is 0 Å². The summed E-state index contributed by atoms with van der Waals surface area (Å²) in [6.07, 6.45) is 0.673. The van der Waals surface area contributed by atoms with Crippen LogP contribution in [0.3, 0.4) is 0 Å². The minimum absolute atomic E-state index is 0.305. The van der Waals surface area contributed by atoms with Crippen LogP contribution in [0.4, 0.5) is 5.69 Å². The number of nitrogens with zero attached hydrogens (tertiary/aromatic N) is 1. The standard InChI is InChI=1S/C18H15NO4/c1-18(2,11-20)23-15-10-6-5-9-14(15)19-16(21)12-7-3-4-8-13(12)17(19)22/h3-11H,1-2H3. The number of amides is 2. The average molecular weight is 309 g/mol. The van der Waals surface area contributed by atoms with E-state index in [-0.39, 0.29) is 0 Å². The molecule has 0 saturated carbocycles. The monoisotopic (exact) mass is 309 g/mol. The fraction of sp³-hybridized carbons (Fsp3) is 0.167. The highest BCUT2D eigenvalue weighted by atomic mass is 16.5. The molecule has 1 heterocycles. The predicted octanol–water partition coefficient (Wildman–Crippen LogP) is 2.84. The number of fused-ring (bicyclic) bond motifs is 1. The van der Waals surface area contributed by atoms with Crippen LogP contribution < -0.4 is 9.64 Å². The Morgan fingerprint density at radius 1 is 0.913 bits per heavy atom. The fourth-order valence-corrected chi connectivity index (χ4v) is 2.44. The number of aldehydes is 1. The zero-order valence-electron chi connectivity index (χ0n) is 12.8. The summed E-state index contributed by atoms with van der Waals surface area (Å²) in [4.78, 5) is 37.3. The van der Waals surface area contributed by atoms with Crippen molar-refractivity contribution in [2.24, 2.45) is 0 Å². The Bertz CT molecular complexity index is 775. The number of hydrogen-bond donors (Lipinski definition) is 0. The Morgan fingerprint density at radius 3 is 2.00 bits per heavy atom. The Balaban J connectivity index is 2.06. The molecule has 0 saturated heterocycles. The molecule has 1 aliphatic heterocycles. The maximum Gasteiger partial charge on any atom is 0.266 e. The highest BCUT2D eigenvalue weighted by molar-refractivity contribution is 6.34. The summed E-state index contributed by atoms with van der Waals surface area (Å²) in [5, 5.41) is 0. The molecular weight excluding hydrogens is 294 g/mol. The Kier molecular flexibility index (Phi) is 3.48. The van der Waals surface area contributed by atoms with Crippen molar-refractivity contribution in [2.45, 2.75) is 19.4 Å². The van der Waals surface area contributed by atoms with Crippen molar-refractivity contribution in [3.63, 3.8) is 0 Å². The normalized spacial score (nSPS) is 13.9. The molecule has 5 heteroatoms. The molecule has 2 amide bonds. The average Bonchev–Trinajstić information content (AvgIpc) is 2.80. The lowest BCUT2D eigenvalue weighted by molar-refractivity contribution is -0.118. The van der Waals surface area contributed by atoms with Gasteiger partial charge in [0, 0.05) is 0 Å². The molecule has 0 radical (unpaired) electrons. The third-order valence-corrected chi connectivity index (χ3v) is 3.56. The maximum atomic E-state index is 12.6. The van der Waals surface area contributed by atoms with Crippen molar-refractivity contribution < 1.29 is 19.1 Å². The first-order chi connectivity index (χ1) is 10.9. The number of carbonyl (C=O) groups is 3. The second kappa shape index (κ2) is 5.35. The predicted molar refractivity (Wildman–Crippen MR) is 84.8 cm³/mol. The lowest BCUT2D eigenvalue weighted by atomic mass is 10.1. The van der Waals surface area contributed by atoms with Crippen molar-refractivity contribution in [1.82, 2.24) is 0 Å². The summed E-state index contributed by atoms with van der Waals surface area (Å²) in [6, 6.07) is 13.3. The van der Waals surface area contributed by atoms with Crippen LogP contribution in [0.1, 0.15) is 34.6 Å². The zero-order valence-corrected chi connectivity index (χ0v) is 12.8. The summed E-state index contributed by atoms with van der Waals surface area (Å²) in [5.41, 5.74) is -0.00747. The van der Waals surface area contributed by atoms with Gasteiger partial charge < -0.3 is 4.74 Å². The van der Waals surface area contributed by atoms with Crippen molar-refractivity contribution >= 4 is 23.8 Å². The van der Waals surface area contributed by atoms with Gasteiger partial charge in [-0.2, -0.15) is 0 Å². The van der Waals surface area contributed by atoms with Gasteiger partial charge in [0.25, 0.3) is 11.8 Å². The summed E-state index contributed by atoms with van der Waals surface area (Å²) in [5.74, 6) is -0.491. The minimum Gasteiger partial charge on any atom is -0.478 e. The first-order valence-electron chi connectivity index (χ1n) is 7.17. The van der Waals surface area contributed by atoms with Gasteiger partial charge in [0.2, 0.25) is 0 Å². The molecule has 0 N–H and O–H groups in total. The summed E-state index contributed by atoms with van der Waals surface area (Å²) < 4.78 is 5.68.